The Labute approximate surface area is 173 Å². The molecule has 2 atom stereocenters. The molecule has 0 aliphatic rings. The van der Waals surface area contributed by atoms with E-state index in [1.807, 2.05) is 6.92 Å². The second-order valence-electron chi connectivity index (χ2n) is 7.00. The Morgan fingerprint density at radius 3 is 1.90 bits per heavy atom. The van der Waals surface area contributed by atoms with Crippen LogP contribution in [-0.2, 0) is 28.5 Å². The van der Waals surface area contributed by atoms with Crippen LogP contribution in [0.3, 0.4) is 0 Å². The first kappa shape index (κ1) is 26.6. The zero-order valence-corrected chi connectivity index (χ0v) is 18.1. The van der Waals surface area contributed by atoms with Crippen molar-refractivity contribution in [3.63, 3.8) is 0 Å². The molecule has 0 aromatic heterocycles. The van der Waals surface area contributed by atoms with Crippen LogP contribution < -0.4 is 5.32 Å². The Morgan fingerprint density at radius 1 is 0.828 bits per heavy atom. The van der Waals surface area contributed by atoms with Crippen molar-refractivity contribution >= 4 is 18.0 Å². The molecule has 0 saturated heterocycles. The molecule has 8 heteroatoms. The molecule has 0 rings (SSSR count). The predicted octanol–water partition coefficient (Wildman–Crippen LogP) is 3.31. The van der Waals surface area contributed by atoms with Gasteiger partial charge >= 0.3 is 18.0 Å². The largest absolute Gasteiger partial charge is 0.460 e. The summed E-state index contributed by atoms with van der Waals surface area (Å²) < 4.78 is 20.6. The molecule has 0 heterocycles. The third-order valence-corrected chi connectivity index (χ3v) is 3.65. The lowest BCUT2D eigenvalue weighted by atomic mass is 10.2. The van der Waals surface area contributed by atoms with Gasteiger partial charge in [-0.2, -0.15) is 0 Å². The van der Waals surface area contributed by atoms with Gasteiger partial charge in [0.2, 0.25) is 0 Å². The highest BCUT2D eigenvalue weighted by molar-refractivity contribution is 5.87. The van der Waals surface area contributed by atoms with Gasteiger partial charge in [-0.05, 0) is 40.5 Å². The van der Waals surface area contributed by atoms with Gasteiger partial charge in [0, 0.05) is 24.3 Å². The zero-order chi connectivity index (χ0) is 22.2. The fourth-order valence-electron chi connectivity index (χ4n) is 1.99. The number of alkyl carbamates (subject to hydrolysis) is 1. The minimum absolute atomic E-state index is 0.00999. The summed E-state index contributed by atoms with van der Waals surface area (Å²) in [6, 6.07) is 0. The van der Waals surface area contributed by atoms with E-state index < -0.39 is 24.1 Å². The summed E-state index contributed by atoms with van der Waals surface area (Å²) in [5, 5.41) is 2.66. The molecule has 8 nitrogen and oxygen atoms in total. The lowest BCUT2D eigenvalue weighted by Gasteiger charge is -2.14. The Balaban J connectivity index is 3.59. The molecular weight excluding hydrogens is 378 g/mol. The van der Waals surface area contributed by atoms with Gasteiger partial charge in [-0.15, -0.1) is 0 Å². The van der Waals surface area contributed by atoms with Crippen LogP contribution >= 0.6 is 0 Å². The average Bonchev–Trinajstić information content (AvgIpc) is 2.65. The van der Waals surface area contributed by atoms with Gasteiger partial charge in [-0.25, -0.2) is 14.4 Å². The molecular formula is C21H35NO7. The standard InChI is InChI=1S/C21H35NO7/c1-15(2)19(23)27-13-17(5)26-12-10-8-7-9-11-22-21(25)29-18(6)14-28-20(24)16(3)4/h17-18H,1,3,7-14H2,2,4-6H3,(H,22,25). The first-order valence-corrected chi connectivity index (χ1v) is 9.84. The number of carbonyl (C=O) groups excluding carboxylic acids is 3. The van der Waals surface area contributed by atoms with E-state index in [-0.39, 0.29) is 19.3 Å². The van der Waals surface area contributed by atoms with E-state index >= 15 is 0 Å². The second kappa shape index (κ2) is 15.6. The molecule has 0 spiro atoms. The summed E-state index contributed by atoms with van der Waals surface area (Å²) in [5.74, 6) is -0.916. The molecule has 0 bridgehead atoms. The summed E-state index contributed by atoms with van der Waals surface area (Å²) in [5.41, 5.74) is 0.670. The number of esters is 2. The highest BCUT2D eigenvalue weighted by Crippen LogP contribution is 2.03. The maximum absolute atomic E-state index is 11.6. The van der Waals surface area contributed by atoms with Crippen molar-refractivity contribution in [1.29, 1.82) is 0 Å². The van der Waals surface area contributed by atoms with Gasteiger partial charge in [0.25, 0.3) is 0 Å². The third-order valence-electron chi connectivity index (χ3n) is 3.65. The van der Waals surface area contributed by atoms with E-state index in [2.05, 4.69) is 18.5 Å². The smallest absolute Gasteiger partial charge is 0.407 e. The Kier molecular flexibility index (Phi) is 14.3. The van der Waals surface area contributed by atoms with Crippen LogP contribution in [-0.4, -0.2) is 56.6 Å². The summed E-state index contributed by atoms with van der Waals surface area (Å²) in [6.07, 6.45) is 2.37. The molecule has 1 N–H and O–H groups in total. The Bertz CT molecular complexity index is 559. The van der Waals surface area contributed by atoms with Crippen LogP contribution in [0, 0.1) is 0 Å². The van der Waals surface area contributed by atoms with E-state index in [0.717, 1.165) is 25.7 Å². The lowest BCUT2D eigenvalue weighted by molar-refractivity contribution is -0.143. The van der Waals surface area contributed by atoms with Crippen molar-refractivity contribution in [2.75, 3.05) is 26.4 Å². The molecule has 0 radical (unpaired) electrons. The quantitative estimate of drug-likeness (QED) is 0.190. The Hall–Kier alpha value is -2.35. The normalized spacial score (nSPS) is 12.4. The molecule has 0 fully saturated rings. The van der Waals surface area contributed by atoms with Gasteiger partial charge in [-0.1, -0.05) is 26.0 Å². The van der Waals surface area contributed by atoms with Crippen molar-refractivity contribution in [2.24, 2.45) is 0 Å². The summed E-state index contributed by atoms with van der Waals surface area (Å²) >= 11 is 0. The van der Waals surface area contributed by atoms with Crippen molar-refractivity contribution in [3.05, 3.63) is 24.3 Å². The zero-order valence-electron chi connectivity index (χ0n) is 18.1. The SMILES string of the molecule is C=C(C)C(=O)OCC(C)OCCCCCCNC(=O)OC(C)COC(=O)C(=C)C. The minimum atomic E-state index is -0.537. The van der Waals surface area contributed by atoms with Gasteiger partial charge in [0.1, 0.15) is 19.3 Å². The van der Waals surface area contributed by atoms with E-state index in [9.17, 15) is 14.4 Å². The number of hydrogen-bond donors (Lipinski definition) is 1. The van der Waals surface area contributed by atoms with Crippen LogP contribution in [0.1, 0.15) is 53.4 Å². The van der Waals surface area contributed by atoms with E-state index in [0.29, 0.717) is 24.3 Å². The maximum atomic E-state index is 11.6. The van der Waals surface area contributed by atoms with E-state index in [1.54, 1.807) is 20.8 Å². The number of unbranched alkanes of at least 4 members (excludes halogenated alkanes) is 3. The molecule has 1 amide bonds. The van der Waals surface area contributed by atoms with Crippen LogP contribution in [0.2, 0.25) is 0 Å². The Morgan fingerprint density at radius 2 is 1.34 bits per heavy atom. The number of carbonyl (C=O) groups is 3. The first-order chi connectivity index (χ1) is 13.6. The molecule has 29 heavy (non-hydrogen) atoms. The molecule has 0 aliphatic carbocycles. The number of hydrogen-bond acceptors (Lipinski definition) is 7. The highest BCUT2D eigenvalue weighted by Gasteiger charge is 2.12. The van der Waals surface area contributed by atoms with Crippen molar-refractivity contribution < 1.29 is 33.3 Å². The van der Waals surface area contributed by atoms with Crippen LogP contribution in [0.25, 0.3) is 0 Å². The number of nitrogens with one attached hydrogen (secondary N) is 1. The second-order valence-corrected chi connectivity index (χ2v) is 7.00. The van der Waals surface area contributed by atoms with Gasteiger partial charge in [-0.3, -0.25) is 0 Å². The fraction of sp³-hybridized carbons (Fsp3) is 0.667. The number of rotatable bonds is 15. The molecule has 0 aliphatic heterocycles. The van der Waals surface area contributed by atoms with E-state index in [4.69, 9.17) is 18.9 Å². The summed E-state index contributed by atoms with van der Waals surface area (Å²) in [6.45, 7) is 14.9. The molecule has 0 aromatic rings. The third kappa shape index (κ3) is 15.3. The van der Waals surface area contributed by atoms with Crippen LogP contribution in [0.4, 0.5) is 4.79 Å². The summed E-state index contributed by atoms with van der Waals surface area (Å²) in [7, 11) is 0. The number of amides is 1. The maximum Gasteiger partial charge on any atom is 0.407 e. The number of ether oxygens (including phenoxy) is 4. The van der Waals surface area contributed by atoms with Crippen molar-refractivity contribution in [2.45, 2.75) is 65.6 Å². The predicted molar refractivity (Wildman–Crippen MR) is 109 cm³/mol. The van der Waals surface area contributed by atoms with Crippen LogP contribution in [0.15, 0.2) is 24.3 Å². The topological polar surface area (TPSA) is 100 Å². The van der Waals surface area contributed by atoms with Gasteiger partial charge in [0.05, 0.1) is 6.10 Å². The fourth-order valence-corrected chi connectivity index (χ4v) is 1.99. The molecule has 0 saturated carbocycles. The average molecular weight is 414 g/mol. The van der Waals surface area contributed by atoms with Crippen molar-refractivity contribution in [1.82, 2.24) is 5.32 Å². The first-order valence-electron chi connectivity index (χ1n) is 9.84. The van der Waals surface area contributed by atoms with Gasteiger partial charge < -0.3 is 24.3 Å². The monoisotopic (exact) mass is 413 g/mol. The highest BCUT2D eigenvalue weighted by atomic mass is 16.6. The molecule has 0 aromatic carbocycles. The minimum Gasteiger partial charge on any atom is -0.460 e. The molecule has 2 unspecified atom stereocenters. The van der Waals surface area contributed by atoms with Gasteiger partial charge in [0.15, 0.2) is 0 Å². The molecule has 166 valence electrons. The lowest BCUT2D eigenvalue weighted by Crippen LogP contribution is -2.31. The summed E-state index contributed by atoms with van der Waals surface area (Å²) in [4.78, 5) is 34.2. The van der Waals surface area contributed by atoms with Crippen LogP contribution in [0.5, 0.6) is 0 Å². The van der Waals surface area contributed by atoms with E-state index in [1.165, 1.54) is 0 Å². The van der Waals surface area contributed by atoms with Crippen molar-refractivity contribution in [3.8, 4) is 0 Å².